The number of likely N-dealkylation sites (N-methyl/N-ethyl adjacent to an activating group) is 1. The van der Waals surface area contributed by atoms with Crippen LogP contribution in [0.4, 0.5) is 0 Å². The third kappa shape index (κ3) is 2.48. The highest BCUT2D eigenvalue weighted by atomic mass is 16.5. The molecule has 0 aliphatic carbocycles. The van der Waals surface area contributed by atoms with Crippen LogP contribution in [0.5, 0.6) is 0 Å². The quantitative estimate of drug-likeness (QED) is 0.858. The van der Waals surface area contributed by atoms with Gasteiger partial charge in [-0.25, -0.2) is 0 Å². The Hall–Kier alpha value is -1.36. The van der Waals surface area contributed by atoms with Crippen molar-refractivity contribution in [1.82, 2.24) is 15.0 Å². The first-order valence-corrected chi connectivity index (χ1v) is 7.99. The molecule has 2 fully saturated rings. The van der Waals surface area contributed by atoms with Crippen molar-refractivity contribution in [2.75, 3.05) is 20.1 Å². The van der Waals surface area contributed by atoms with Gasteiger partial charge in [-0.05, 0) is 38.1 Å². The fraction of sp³-hybridized carbons (Fsp3) is 0.750. The summed E-state index contributed by atoms with van der Waals surface area (Å²) in [5.74, 6) is 1.54. The van der Waals surface area contributed by atoms with E-state index in [-0.39, 0.29) is 11.4 Å². The third-order valence-electron chi connectivity index (χ3n) is 4.97. The Kier molecular flexibility index (Phi) is 3.78. The number of aromatic nitrogens is 1. The molecule has 21 heavy (non-hydrogen) atoms. The lowest BCUT2D eigenvalue weighted by atomic mass is 9.85. The van der Waals surface area contributed by atoms with E-state index in [2.05, 4.69) is 23.9 Å². The van der Waals surface area contributed by atoms with Gasteiger partial charge in [-0.1, -0.05) is 19.0 Å². The number of carbonyl (C=O) groups excluding carboxylic acids is 1. The number of hydrogen-bond donors (Lipinski definition) is 0. The summed E-state index contributed by atoms with van der Waals surface area (Å²) < 4.78 is 5.47. The molecule has 1 atom stereocenters. The zero-order chi connectivity index (χ0) is 15.0. The first-order valence-electron chi connectivity index (χ1n) is 7.99. The summed E-state index contributed by atoms with van der Waals surface area (Å²) in [5.41, 5.74) is 0.697. The molecule has 1 unspecified atom stereocenters. The summed E-state index contributed by atoms with van der Waals surface area (Å²) in [6, 6.07) is 2.04. The van der Waals surface area contributed by atoms with Crippen molar-refractivity contribution in [3.63, 3.8) is 0 Å². The zero-order valence-electron chi connectivity index (χ0n) is 13.3. The molecular weight excluding hydrogens is 266 g/mol. The van der Waals surface area contributed by atoms with Crippen LogP contribution in [0.1, 0.15) is 56.9 Å². The van der Waals surface area contributed by atoms with Crippen LogP contribution in [0.25, 0.3) is 0 Å². The molecule has 0 N–H and O–H groups in total. The minimum atomic E-state index is -0.294. The van der Waals surface area contributed by atoms with Crippen LogP contribution in [0.15, 0.2) is 10.6 Å². The van der Waals surface area contributed by atoms with E-state index in [0.29, 0.717) is 12.5 Å². The summed E-state index contributed by atoms with van der Waals surface area (Å²) in [7, 11) is 1.92. The number of hydrogen-bond acceptors (Lipinski definition) is 4. The van der Waals surface area contributed by atoms with Gasteiger partial charge in [-0.2, -0.15) is 0 Å². The molecule has 0 saturated carbocycles. The maximum atomic E-state index is 12.7. The maximum Gasteiger partial charge on any atom is 0.242 e. The lowest BCUT2D eigenvalue weighted by Gasteiger charge is -2.43. The molecule has 0 radical (unpaired) electrons. The predicted octanol–water partition coefficient (Wildman–Crippen LogP) is 2.38. The van der Waals surface area contributed by atoms with E-state index in [9.17, 15) is 4.79 Å². The van der Waals surface area contributed by atoms with Crippen molar-refractivity contribution in [3.8, 4) is 0 Å². The zero-order valence-corrected chi connectivity index (χ0v) is 13.3. The Bertz CT molecular complexity index is 525. The first-order chi connectivity index (χ1) is 10.0. The highest BCUT2D eigenvalue weighted by molar-refractivity contribution is 5.87. The molecule has 2 saturated heterocycles. The molecule has 116 valence electrons. The Morgan fingerprint density at radius 1 is 1.33 bits per heavy atom. The summed E-state index contributed by atoms with van der Waals surface area (Å²) in [6.45, 7) is 6.77. The van der Waals surface area contributed by atoms with Crippen molar-refractivity contribution in [1.29, 1.82) is 0 Å². The van der Waals surface area contributed by atoms with Crippen molar-refractivity contribution in [2.45, 2.75) is 57.5 Å². The Labute approximate surface area is 126 Å². The smallest absolute Gasteiger partial charge is 0.242 e. The van der Waals surface area contributed by atoms with Crippen LogP contribution in [0.2, 0.25) is 0 Å². The van der Waals surface area contributed by atoms with Gasteiger partial charge >= 0.3 is 0 Å². The van der Waals surface area contributed by atoms with Crippen LogP contribution in [-0.2, 0) is 11.3 Å². The van der Waals surface area contributed by atoms with Crippen molar-refractivity contribution in [3.05, 3.63) is 17.5 Å². The lowest BCUT2D eigenvalue weighted by molar-refractivity contribution is -0.146. The van der Waals surface area contributed by atoms with E-state index in [4.69, 9.17) is 4.52 Å². The van der Waals surface area contributed by atoms with Crippen molar-refractivity contribution >= 4 is 5.91 Å². The second-order valence-corrected chi connectivity index (χ2v) is 6.76. The van der Waals surface area contributed by atoms with Crippen LogP contribution in [-0.4, -0.2) is 46.5 Å². The summed E-state index contributed by atoms with van der Waals surface area (Å²) >= 11 is 0. The number of piperidine rings is 1. The molecule has 2 aliphatic heterocycles. The molecule has 0 aromatic carbocycles. The van der Waals surface area contributed by atoms with Crippen LogP contribution in [0.3, 0.4) is 0 Å². The topological polar surface area (TPSA) is 49.6 Å². The van der Waals surface area contributed by atoms with Crippen molar-refractivity contribution in [2.24, 2.45) is 0 Å². The van der Waals surface area contributed by atoms with E-state index in [1.165, 1.54) is 0 Å². The van der Waals surface area contributed by atoms with E-state index in [1.807, 2.05) is 18.0 Å². The van der Waals surface area contributed by atoms with Crippen LogP contribution >= 0.6 is 0 Å². The number of likely N-dealkylation sites (tertiary alicyclic amines) is 2. The molecule has 1 aromatic rings. The van der Waals surface area contributed by atoms with Gasteiger partial charge in [0.05, 0.1) is 12.2 Å². The molecular formula is C16H25N3O2. The second kappa shape index (κ2) is 5.44. The second-order valence-electron chi connectivity index (χ2n) is 6.76. The van der Waals surface area contributed by atoms with Gasteiger partial charge in [0.2, 0.25) is 5.91 Å². The fourth-order valence-corrected chi connectivity index (χ4v) is 3.73. The molecule has 5 heteroatoms. The minimum Gasteiger partial charge on any atom is -0.360 e. The van der Waals surface area contributed by atoms with Gasteiger partial charge < -0.3 is 9.42 Å². The Morgan fingerprint density at radius 3 is 2.71 bits per heavy atom. The number of nitrogens with zero attached hydrogens (tertiary/aromatic N) is 3. The summed E-state index contributed by atoms with van der Waals surface area (Å²) in [6.07, 6.45) is 4.12. The van der Waals surface area contributed by atoms with Crippen LogP contribution < -0.4 is 0 Å². The van der Waals surface area contributed by atoms with E-state index in [1.54, 1.807) is 0 Å². The maximum absolute atomic E-state index is 12.7. The molecule has 3 rings (SSSR count). The van der Waals surface area contributed by atoms with E-state index < -0.39 is 0 Å². The normalized spacial score (nSPS) is 27.2. The Morgan fingerprint density at radius 2 is 2.05 bits per heavy atom. The van der Waals surface area contributed by atoms with Gasteiger partial charge in [0.25, 0.3) is 0 Å². The molecule has 0 bridgehead atoms. The average molecular weight is 291 g/mol. The van der Waals surface area contributed by atoms with E-state index >= 15 is 0 Å². The minimum absolute atomic E-state index is 0.287. The van der Waals surface area contributed by atoms with Crippen molar-refractivity contribution < 1.29 is 9.32 Å². The standard InChI is InChI=1S/C16H25N3O2/c1-12(2)14-10-13(21-17-14)11-19-9-5-7-16(19)6-4-8-18(3)15(16)20/h10,12H,4-9,11H2,1-3H3. The highest BCUT2D eigenvalue weighted by Gasteiger charge is 2.50. The SMILES string of the molecule is CC(C)c1cc(CN2CCCC23CCCN(C)C3=O)on1. The summed E-state index contributed by atoms with van der Waals surface area (Å²) in [4.78, 5) is 16.9. The molecule has 1 spiro atoms. The van der Waals surface area contributed by atoms with Gasteiger partial charge in [-0.3, -0.25) is 9.69 Å². The first kappa shape index (κ1) is 14.6. The van der Waals surface area contributed by atoms with Crippen LogP contribution in [0, 0.1) is 0 Å². The number of amides is 1. The highest BCUT2D eigenvalue weighted by Crippen LogP contribution is 2.38. The summed E-state index contributed by atoms with van der Waals surface area (Å²) in [5, 5.41) is 4.13. The molecule has 1 amide bonds. The monoisotopic (exact) mass is 291 g/mol. The molecule has 3 heterocycles. The third-order valence-corrected chi connectivity index (χ3v) is 4.97. The average Bonchev–Trinajstić information content (AvgIpc) is 3.05. The largest absolute Gasteiger partial charge is 0.360 e. The molecule has 5 nitrogen and oxygen atoms in total. The lowest BCUT2D eigenvalue weighted by Crippen LogP contribution is -2.58. The van der Waals surface area contributed by atoms with Gasteiger partial charge in [0, 0.05) is 19.7 Å². The fourth-order valence-electron chi connectivity index (χ4n) is 3.73. The predicted molar refractivity (Wildman–Crippen MR) is 79.8 cm³/mol. The molecule has 1 aromatic heterocycles. The number of rotatable bonds is 3. The molecule has 2 aliphatic rings. The Balaban J connectivity index is 1.79. The van der Waals surface area contributed by atoms with Gasteiger partial charge in [0.15, 0.2) is 5.76 Å². The van der Waals surface area contributed by atoms with Gasteiger partial charge in [0.1, 0.15) is 5.54 Å². The van der Waals surface area contributed by atoms with Gasteiger partial charge in [-0.15, -0.1) is 0 Å². The number of carbonyl (C=O) groups is 1. The van der Waals surface area contributed by atoms with E-state index in [0.717, 1.165) is 50.2 Å².